The molecule has 140 valence electrons. The zero-order chi connectivity index (χ0) is 19.5. The molecule has 27 heavy (non-hydrogen) atoms. The summed E-state index contributed by atoms with van der Waals surface area (Å²) in [6, 6.07) is 3.91. The number of carbonyl (C=O) groups is 1. The highest BCUT2D eigenvalue weighted by Gasteiger charge is 2.36. The third-order valence-electron chi connectivity index (χ3n) is 5.18. The molecule has 7 nitrogen and oxygen atoms in total. The van der Waals surface area contributed by atoms with Crippen LogP contribution in [0.5, 0.6) is 0 Å². The van der Waals surface area contributed by atoms with Gasteiger partial charge in [-0.1, -0.05) is 13.8 Å². The van der Waals surface area contributed by atoms with Crippen molar-refractivity contribution in [3.63, 3.8) is 0 Å². The summed E-state index contributed by atoms with van der Waals surface area (Å²) in [4.78, 5) is 23.3. The van der Waals surface area contributed by atoms with Gasteiger partial charge in [-0.15, -0.1) is 0 Å². The van der Waals surface area contributed by atoms with Crippen molar-refractivity contribution in [3.05, 3.63) is 35.4 Å². The number of fused-ring (bicyclic) bond motifs is 2. The first kappa shape index (κ1) is 17.5. The third-order valence-corrected chi connectivity index (χ3v) is 5.18. The Bertz CT molecular complexity index is 1080. The summed E-state index contributed by atoms with van der Waals surface area (Å²) in [5.41, 5.74) is 11.0. The standard InChI is InChI=1S/C20H24N6O/c1-11-16-14(8-20(2,3)9-15(16)27)26(24-11)13-7-6-12-17(18(13)25(4)5)22-10-23-19(12)21/h6-7,10H,8-9H2,1-5H3,(H2,21,22,23). The smallest absolute Gasteiger partial charge is 0.167 e. The number of aromatic nitrogens is 4. The fourth-order valence-corrected chi connectivity index (χ4v) is 4.08. The SMILES string of the molecule is Cc1nn(-c2ccc3c(N)ncnc3c2N(C)C)c2c1C(=O)CC(C)(C)C2. The predicted octanol–water partition coefficient (Wildman–Crippen LogP) is 2.93. The van der Waals surface area contributed by atoms with E-state index in [0.29, 0.717) is 12.2 Å². The van der Waals surface area contributed by atoms with E-state index >= 15 is 0 Å². The minimum Gasteiger partial charge on any atom is -0.383 e. The Labute approximate surface area is 158 Å². The lowest BCUT2D eigenvalue weighted by atomic mass is 9.75. The Morgan fingerprint density at radius 3 is 2.63 bits per heavy atom. The van der Waals surface area contributed by atoms with E-state index in [-0.39, 0.29) is 11.2 Å². The van der Waals surface area contributed by atoms with Crippen LogP contribution in [0.4, 0.5) is 11.5 Å². The molecule has 4 rings (SSSR count). The van der Waals surface area contributed by atoms with Crippen LogP contribution in [0.25, 0.3) is 16.6 Å². The van der Waals surface area contributed by atoms with E-state index in [0.717, 1.165) is 45.6 Å². The zero-order valence-electron chi connectivity index (χ0n) is 16.4. The molecule has 7 heteroatoms. The van der Waals surface area contributed by atoms with Crippen LogP contribution in [-0.4, -0.2) is 39.6 Å². The molecule has 3 aromatic rings. The average molecular weight is 364 g/mol. The summed E-state index contributed by atoms with van der Waals surface area (Å²) in [6.45, 7) is 6.16. The van der Waals surface area contributed by atoms with Crippen LogP contribution in [-0.2, 0) is 6.42 Å². The highest BCUT2D eigenvalue weighted by molar-refractivity contribution is 6.02. The van der Waals surface area contributed by atoms with Gasteiger partial charge in [0.15, 0.2) is 5.78 Å². The Hall–Kier alpha value is -2.96. The van der Waals surface area contributed by atoms with Gasteiger partial charge in [0.05, 0.1) is 28.3 Å². The molecule has 0 fully saturated rings. The van der Waals surface area contributed by atoms with Gasteiger partial charge in [-0.2, -0.15) is 5.10 Å². The first-order chi connectivity index (χ1) is 12.7. The number of aryl methyl sites for hydroxylation is 1. The highest BCUT2D eigenvalue weighted by atomic mass is 16.1. The van der Waals surface area contributed by atoms with Gasteiger partial charge < -0.3 is 10.6 Å². The number of ketones is 1. The molecule has 2 N–H and O–H groups in total. The number of Topliss-reactive ketones (excluding diaryl/α,β-unsaturated/α-hetero) is 1. The van der Waals surface area contributed by atoms with Crippen LogP contribution in [0.15, 0.2) is 18.5 Å². The van der Waals surface area contributed by atoms with E-state index in [1.807, 2.05) is 42.7 Å². The third kappa shape index (κ3) is 2.65. The molecule has 1 aliphatic carbocycles. The fraction of sp³-hybridized carbons (Fsp3) is 0.400. The van der Waals surface area contributed by atoms with E-state index in [1.54, 1.807) is 0 Å². The van der Waals surface area contributed by atoms with E-state index in [2.05, 4.69) is 23.8 Å². The van der Waals surface area contributed by atoms with E-state index in [9.17, 15) is 4.79 Å². The van der Waals surface area contributed by atoms with Crippen molar-refractivity contribution in [1.29, 1.82) is 0 Å². The van der Waals surface area contributed by atoms with Crippen molar-refractivity contribution in [1.82, 2.24) is 19.7 Å². The van der Waals surface area contributed by atoms with Crippen LogP contribution < -0.4 is 10.6 Å². The van der Waals surface area contributed by atoms with Crippen molar-refractivity contribution in [2.24, 2.45) is 5.41 Å². The van der Waals surface area contributed by atoms with Gasteiger partial charge >= 0.3 is 0 Å². The Morgan fingerprint density at radius 2 is 1.93 bits per heavy atom. The topological polar surface area (TPSA) is 89.9 Å². The number of nitrogen functional groups attached to an aromatic ring is 1. The monoisotopic (exact) mass is 364 g/mol. The number of hydrogen-bond donors (Lipinski definition) is 1. The molecule has 0 radical (unpaired) electrons. The molecule has 1 aromatic carbocycles. The summed E-state index contributed by atoms with van der Waals surface area (Å²) < 4.78 is 1.91. The summed E-state index contributed by atoms with van der Waals surface area (Å²) >= 11 is 0. The van der Waals surface area contributed by atoms with Crippen molar-refractivity contribution in [2.45, 2.75) is 33.6 Å². The molecule has 0 saturated heterocycles. The maximum Gasteiger partial charge on any atom is 0.167 e. The molecule has 0 saturated carbocycles. The molecule has 2 aromatic heterocycles. The number of benzene rings is 1. The Morgan fingerprint density at radius 1 is 1.19 bits per heavy atom. The largest absolute Gasteiger partial charge is 0.383 e. The van der Waals surface area contributed by atoms with E-state index in [1.165, 1.54) is 6.33 Å². The number of anilines is 2. The molecular weight excluding hydrogens is 340 g/mol. The highest BCUT2D eigenvalue weighted by Crippen LogP contribution is 2.39. The molecular formula is C20H24N6O. The van der Waals surface area contributed by atoms with Gasteiger partial charge in [-0.3, -0.25) is 4.79 Å². The Balaban J connectivity index is 2.04. The number of nitrogens with two attached hydrogens (primary N) is 1. The first-order valence-electron chi connectivity index (χ1n) is 9.02. The number of carbonyl (C=O) groups excluding carboxylic acids is 1. The van der Waals surface area contributed by atoms with Gasteiger partial charge in [-0.05, 0) is 30.9 Å². The first-order valence-corrected chi connectivity index (χ1v) is 9.02. The van der Waals surface area contributed by atoms with Crippen LogP contribution in [0.1, 0.15) is 42.0 Å². The lowest BCUT2D eigenvalue weighted by Crippen LogP contribution is -2.28. The maximum absolute atomic E-state index is 12.7. The van der Waals surface area contributed by atoms with Crippen LogP contribution >= 0.6 is 0 Å². The van der Waals surface area contributed by atoms with Gasteiger partial charge in [0, 0.05) is 25.9 Å². The molecule has 0 amide bonds. The van der Waals surface area contributed by atoms with E-state index in [4.69, 9.17) is 10.8 Å². The molecule has 0 unspecified atom stereocenters. The second kappa shape index (κ2) is 5.77. The minimum atomic E-state index is -0.0873. The number of nitrogens with zero attached hydrogens (tertiary/aromatic N) is 5. The molecule has 0 aliphatic heterocycles. The predicted molar refractivity (Wildman–Crippen MR) is 107 cm³/mol. The number of hydrogen-bond acceptors (Lipinski definition) is 6. The maximum atomic E-state index is 12.7. The second-order valence-electron chi connectivity index (χ2n) is 8.24. The fourth-order valence-electron chi connectivity index (χ4n) is 4.08. The summed E-state index contributed by atoms with van der Waals surface area (Å²) in [7, 11) is 3.93. The second-order valence-corrected chi connectivity index (χ2v) is 8.24. The summed E-state index contributed by atoms with van der Waals surface area (Å²) in [6.07, 6.45) is 2.82. The minimum absolute atomic E-state index is 0.0873. The van der Waals surface area contributed by atoms with Crippen molar-refractivity contribution >= 4 is 28.2 Å². The van der Waals surface area contributed by atoms with Gasteiger partial charge in [0.25, 0.3) is 0 Å². The molecule has 0 bridgehead atoms. The molecule has 0 spiro atoms. The summed E-state index contributed by atoms with van der Waals surface area (Å²) in [5, 5.41) is 5.55. The summed E-state index contributed by atoms with van der Waals surface area (Å²) in [5.74, 6) is 0.619. The quantitative estimate of drug-likeness (QED) is 0.752. The van der Waals surface area contributed by atoms with Crippen LogP contribution in [0.2, 0.25) is 0 Å². The normalized spacial score (nSPS) is 15.8. The molecule has 2 heterocycles. The lowest BCUT2D eigenvalue weighted by Gasteiger charge is -2.29. The van der Waals surface area contributed by atoms with Gasteiger partial charge in [0.1, 0.15) is 17.7 Å². The van der Waals surface area contributed by atoms with E-state index < -0.39 is 0 Å². The van der Waals surface area contributed by atoms with Crippen LogP contribution in [0.3, 0.4) is 0 Å². The lowest BCUT2D eigenvalue weighted by molar-refractivity contribution is 0.0910. The molecule has 1 aliphatic rings. The van der Waals surface area contributed by atoms with Crippen LogP contribution in [0, 0.1) is 12.3 Å². The van der Waals surface area contributed by atoms with Crippen molar-refractivity contribution in [2.75, 3.05) is 24.7 Å². The molecule has 0 atom stereocenters. The van der Waals surface area contributed by atoms with Gasteiger partial charge in [-0.25, -0.2) is 14.6 Å². The van der Waals surface area contributed by atoms with Crippen molar-refractivity contribution in [3.8, 4) is 5.69 Å². The number of rotatable bonds is 2. The Kier molecular flexibility index (Phi) is 3.73. The van der Waals surface area contributed by atoms with Gasteiger partial charge in [0.2, 0.25) is 0 Å². The zero-order valence-corrected chi connectivity index (χ0v) is 16.4. The average Bonchev–Trinajstić information content (AvgIpc) is 2.89. The van der Waals surface area contributed by atoms with Crippen molar-refractivity contribution < 1.29 is 4.79 Å².